The predicted molar refractivity (Wildman–Crippen MR) is 90.3 cm³/mol. The van der Waals surface area contributed by atoms with Crippen molar-refractivity contribution in [2.75, 3.05) is 12.0 Å². The van der Waals surface area contributed by atoms with Gasteiger partial charge in [0, 0.05) is 11.3 Å². The van der Waals surface area contributed by atoms with Crippen LogP contribution < -0.4 is 4.90 Å². The molecule has 24 heavy (non-hydrogen) atoms. The Kier molecular flexibility index (Phi) is 4.27. The van der Waals surface area contributed by atoms with Crippen LogP contribution in [0.2, 0.25) is 5.02 Å². The van der Waals surface area contributed by atoms with E-state index in [0.29, 0.717) is 22.0 Å². The van der Waals surface area contributed by atoms with Gasteiger partial charge in [0.1, 0.15) is 0 Å². The summed E-state index contributed by atoms with van der Waals surface area (Å²) in [6.07, 6.45) is 4.58. The monoisotopic (exact) mass is 343 g/mol. The number of allylic oxidation sites excluding steroid dienone is 1. The fraction of sp³-hybridized carbons (Fsp3) is 0.111. The second-order valence-corrected chi connectivity index (χ2v) is 5.57. The molecule has 1 aromatic carbocycles. The molecular weight excluding hydrogens is 330 g/mol. The molecule has 1 aliphatic heterocycles. The number of carbonyl (C=O) groups is 2. The summed E-state index contributed by atoms with van der Waals surface area (Å²) in [5, 5.41) is 0.416. The molecule has 0 saturated heterocycles. The second-order valence-electron chi connectivity index (χ2n) is 5.16. The summed E-state index contributed by atoms with van der Waals surface area (Å²) >= 11 is 6.22. The Morgan fingerprint density at radius 3 is 2.67 bits per heavy atom. The van der Waals surface area contributed by atoms with Crippen LogP contribution in [0.15, 0.2) is 64.1 Å². The van der Waals surface area contributed by atoms with Gasteiger partial charge in [0.05, 0.1) is 41.5 Å². The molecule has 3 rings (SSSR count). The number of amides is 1. The van der Waals surface area contributed by atoms with Gasteiger partial charge in [0.15, 0.2) is 0 Å². The number of para-hydroxylation sites is 1. The number of anilines is 1. The van der Waals surface area contributed by atoms with E-state index in [1.54, 1.807) is 43.3 Å². The normalized spacial score (nSPS) is 16.2. The number of nitrogens with zero attached hydrogens (tertiary/aromatic N) is 1. The quantitative estimate of drug-likeness (QED) is 0.628. The molecule has 0 unspecified atom stereocenters. The van der Waals surface area contributed by atoms with Crippen molar-refractivity contribution in [2.45, 2.75) is 6.92 Å². The highest BCUT2D eigenvalue weighted by atomic mass is 35.5. The first kappa shape index (κ1) is 16.1. The van der Waals surface area contributed by atoms with Crippen molar-refractivity contribution < 1.29 is 18.7 Å². The second kappa shape index (κ2) is 6.37. The minimum absolute atomic E-state index is 0.212. The number of halogens is 1. The summed E-state index contributed by atoms with van der Waals surface area (Å²) in [7, 11) is 1.28. The third-order valence-electron chi connectivity index (χ3n) is 3.74. The zero-order valence-electron chi connectivity index (χ0n) is 13.1. The molecule has 1 amide bonds. The van der Waals surface area contributed by atoms with Gasteiger partial charge >= 0.3 is 5.97 Å². The summed E-state index contributed by atoms with van der Waals surface area (Å²) in [6.45, 7) is 1.68. The topological polar surface area (TPSA) is 59.8 Å². The van der Waals surface area contributed by atoms with E-state index in [9.17, 15) is 9.59 Å². The average Bonchev–Trinajstić information content (AvgIpc) is 3.16. The highest BCUT2D eigenvalue weighted by Gasteiger charge is 2.38. The molecule has 6 heteroatoms. The third kappa shape index (κ3) is 2.63. The predicted octanol–water partition coefficient (Wildman–Crippen LogP) is 3.81. The van der Waals surface area contributed by atoms with Crippen molar-refractivity contribution >= 4 is 35.2 Å². The standard InChI is InChI=1S/C18H14ClNO4/c1-11-16(18(22)23-2)13(9-12-7-8-24-10-12)17(21)20(11)15-6-4-3-5-14(15)19/h3-10H,1-2H3/b13-9-. The van der Waals surface area contributed by atoms with Gasteiger partial charge in [-0.05, 0) is 31.2 Å². The van der Waals surface area contributed by atoms with E-state index in [-0.39, 0.29) is 17.1 Å². The highest BCUT2D eigenvalue weighted by Crippen LogP contribution is 2.38. The van der Waals surface area contributed by atoms with E-state index in [4.69, 9.17) is 20.8 Å². The third-order valence-corrected chi connectivity index (χ3v) is 4.06. The summed E-state index contributed by atoms with van der Waals surface area (Å²) < 4.78 is 9.86. The Morgan fingerprint density at radius 2 is 2.04 bits per heavy atom. The fourth-order valence-corrected chi connectivity index (χ4v) is 2.85. The van der Waals surface area contributed by atoms with Gasteiger partial charge < -0.3 is 9.15 Å². The molecule has 1 aliphatic rings. The van der Waals surface area contributed by atoms with Crippen molar-refractivity contribution in [2.24, 2.45) is 0 Å². The number of carbonyl (C=O) groups excluding carboxylic acids is 2. The summed E-state index contributed by atoms with van der Waals surface area (Å²) in [6, 6.07) is 8.65. The van der Waals surface area contributed by atoms with Crippen LogP contribution in [0.3, 0.4) is 0 Å². The van der Waals surface area contributed by atoms with Gasteiger partial charge in [-0.2, -0.15) is 0 Å². The Morgan fingerprint density at radius 1 is 1.29 bits per heavy atom. The van der Waals surface area contributed by atoms with E-state index in [2.05, 4.69) is 0 Å². The van der Waals surface area contributed by atoms with E-state index in [1.165, 1.54) is 24.5 Å². The smallest absolute Gasteiger partial charge is 0.340 e. The van der Waals surface area contributed by atoms with Crippen LogP contribution in [0.25, 0.3) is 6.08 Å². The Bertz CT molecular complexity index is 865. The Balaban J connectivity index is 2.17. The molecule has 0 atom stereocenters. The minimum atomic E-state index is -0.579. The SMILES string of the molecule is COC(=O)C1=C(C)N(c2ccccc2Cl)C(=O)/C1=C\c1ccoc1. The molecule has 0 fully saturated rings. The number of benzene rings is 1. The molecule has 0 saturated carbocycles. The maximum atomic E-state index is 12.9. The van der Waals surface area contributed by atoms with Crippen molar-refractivity contribution in [1.82, 2.24) is 0 Å². The van der Waals surface area contributed by atoms with Crippen LogP contribution in [0.5, 0.6) is 0 Å². The molecule has 0 bridgehead atoms. The number of hydrogen-bond acceptors (Lipinski definition) is 4. The van der Waals surface area contributed by atoms with E-state index < -0.39 is 5.97 Å². The fourth-order valence-electron chi connectivity index (χ4n) is 2.63. The van der Waals surface area contributed by atoms with Gasteiger partial charge in [-0.3, -0.25) is 9.69 Å². The van der Waals surface area contributed by atoms with Crippen LogP contribution in [0.4, 0.5) is 5.69 Å². The number of esters is 1. The number of hydrogen-bond donors (Lipinski definition) is 0. The van der Waals surface area contributed by atoms with E-state index >= 15 is 0 Å². The number of furan rings is 1. The van der Waals surface area contributed by atoms with Crippen molar-refractivity contribution in [3.63, 3.8) is 0 Å². The summed E-state index contributed by atoms with van der Waals surface area (Å²) in [5.41, 5.74) is 2.10. The molecule has 0 aliphatic carbocycles. The van der Waals surface area contributed by atoms with E-state index in [1.807, 2.05) is 0 Å². The lowest BCUT2D eigenvalue weighted by atomic mass is 10.1. The Labute approximate surface area is 143 Å². The molecular formula is C18H14ClNO4. The molecule has 0 N–H and O–H groups in total. The van der Waals surface area contributed by atoms with Crippen LogP contribution >= 0.6 is 11.6 Å². The molecule has 0 spiro atoms. The Hall–Kier alpha value is -2.79. The lowest BCUT2D eigenvalue weighted by Crippen LogP contribution is -2.24. The van der Waals surface area contributed by atoms with Gasteiger partial charge in [-0.15, -0.1) is 0 Å². The molecule has 122 valence electrons. The van der Waals surface area contributed by atoms with Crippen LogP contribution in [0, 0.1) is 0 Å². The largest absolute Gasteiger partial charge is 0.472 e. The van der Waals surface area contributed by atoms with E-state index in [0.717, 1.165) is 0 Å². The first-order valence-electron chi connectivity index (χ1n) is 7.17. The van der Waals surface area contributed by atoms with Crippen LogP contribution in [-0.4, -0.2) is 19.0 Å². The van der Waals surface area contributed by atoms with Gasteiger partial charge in [-0.25, -0.2) is 4.79 Å². The number of rotatable bonds is 3. The summed E-state index contributed by atoms with van der Waals surface area (Å²) in [4.78, 5) is 26.6. The van der Waals surface area contributed by atoms with Gasteiger partial charge in [0.2, 0.25) is 0 Å². The van der Waals surface area contributed by atoms with Crippen molar-refractivity contribution in [1.29, 1.82) is 0 Å². The maximum absolute atomic E-state index is 12.9. The lowest BCUT2D eigenvalue weighted by molar-refractivity contribution is -0.136. The van der Waals surface area contributed by atoms with Crippen LogP contribution in [-0.2, 0) is 14.3 Å². The molecule has 1 aromatic heterocycles. The first-order chi connectivity index (χ1) is 11.5. The van der Waals surface area contributed by atoms with Gasteiger partial charge in [0.25, 0.3) is 5.91 Å². The zero-order chi connectivity index (χ0) is 17.3. The number of ether oxygens (including phenoxy) is 1. The van der Waals surface area contributed by atoms with Crippen molar-refractivity contribution in [3.8, 4) is 0 Å². The molecule has 2 heterocycles. The zero-order valence-corrected chi connectivity index (χ0v) is 13.8. The minimum Gasteiger partial charge on any atom is -0.472 e. The average molecular weight is 344 g/mol. The summed E-state index contributed by atoms with van der Waals surface area (Å²) in [5.74, 6) is -0.924. The van der Waals surface area contributed by atoms with Crippen LogP contribution in [0.1, 0.15) is 12.5 Å². The first-order valence-corrected chi connectivity index (χ1v) is 7.55. The molecule has 2 aromatic rings. The maximum Gasteiger partial charge on any atom is 0.340 e. The van der Waals surface area contributed by atoms with Crippen molar-refractivity contribution in [3.05, 3.63) is 70.3 Å². The number of methoxy groups -OCH3 is 1. The lowest BCUT2D eigenvalue weighted by Gasteiger charge is -2.19. The molecule has 5 nitrogen and oxygen atoms in total. The molecule has 0 radical (unpaired) electrons. The highest BCUT2D eigenvalue weighted by molar-refractivity contribution is 6.35. The van der Waals surface area contributed by atoms with Gasteiger partial charge in [-0.1, -0.05) is 23.7 Å².